The Morgan fingerprint density at radius 1 is 1.37 bits per heavy atom. The molecule has 0 aliphatic rings. The molecule has 0 aromatic carbocycles. The highest BCUT2D eigenvalue weighted by Crippen LogP contribution is 2.07. The van der Waals surface area contributed by atoms with Crippen molar-refractivity contribution in [1.29, 1.82) is 0 Å². The lowest BCUT2D eigenvalue weighted by molar-refractivity contribution is 0.198. The molecule has 0 saturated carbocycles. The van der Waals surface area contributed by atoms with E-state index in [1.165, 1.54) is 5.56 Å². The van der Waals surface area contributed by atoms with Gasteiger partial charge in [-0.3, -0.25) is 0 Å². The summed E-state index contributed by atoms with van der Waals surface area (Å²) in [5, 5.41) is 15.2. The Morgan fingerprint density at radius 3 is 2.84 bits per heavy atom. The molecule has 2 N–H and O–H groups in total. The van der Waals surface area contributed by atoms with E-state index < -0.39 is 0 Å². The minimum Gasteiger partial charge on any atom is -0.383 e. The van der Waals surface area contributed by atoms with Gasteiger partial charge < -0.3 is 15.4 Å². The molecule has 0 aliphatic carbocycles. The predicted molar refractivity (Wildman–Crippen MR) is 77.2 cm³/mol. The SMILES string of the molecule is CCc1nnc(C)cc1CNC(C)CNCCOC. The molecule has 0 radical (unpaired) electrons. The molecule has 0 amide bonds. The molecule has 0 aliphatic heterocycles. The fourth-order valence-corrected chi connectivity index (χ4v) is 1.87. The van der Waals surface area contributed by atoms with Crippen molar-refractivity contribution in [2.75, 3.05) is 26.8 Å². The molecule has 0 spiro atoms. The Hall–Kier alpha value is -1.04. The second-order valence-corrected chi connectivity index (χ2v) is 4.79. The maximum atomic E-state index is 5.00. The highest BCUT2D eigenvalue weighted by atomic mass is 16.5. The van der Waals surface area contributed by atoms with Gasteiger partial charge >= 0.3 is 0 Å². The van der Waals surface area contributed by atoms with Crippen LogP contribution in [0.4, 0.5) is 0 Å². The van der Waals surface area contributed by atoms with Crippen LogP contribution in [-0.4, -0.2) is 43.0 Å². The summed E-state index contributed by atoms with van der Waals surface area (Å²) in [7, 11) is 1.72. The summed E-state index contributed by atoms with van der Waals surface area (Å²) in [6.07, 6.45) is 0.921. The summed E-state index contributed by atoms with van der Waals surface area (Å²) in [5.74, 6) is 0. The first-order chi connectivity index (χ1) is 9.17. The lowest BCUT2D eigenvalue weighted by atomic mass is 10.1. The number of hydrogen-bond donors (Lipinski definition) is 2. The van der Waals surface area contributed by atoms with Crippen molar-refractivity contribution in [3.05, 3.63) is 23.0 Å². The average molecular weight is 266 g/mol. The van der Waals surface area contributed by atoms with Crippen molar-refractivity contribution < 1.29 is 4.74 Å². The number of methoxy groups -OCH3 is 1. The van der Waals surface area contributed by atoms with Gasteiger partial charge in [-0.15, -0.1) is 0 Å². The zero-order valence-electron chi connectivity index (χ0n) is 12.5. The minimum absolute atomic E-state index is 0.412. The number of nitrogens with zero attached hydrogens (tertiary/aromatic N) is 2. The van der Waals surface area contributed by atoms with E-state index in [0.29, 0.717) is 6.04 Å². The van der Waals surface area contributed by atoms with Gasteiger partial charge in [-0.2, -0.15) is 10.2 Å². The van der Waals surface area contributed by atoms with Crippen LogP contribution in [0.25, 0.3) is 0 Å². The number of aryl methyl sites for hydroxylation is 2. The first-order valence-corrected chi connectivity index (χ1v) is 6.92. The predicted octanol–water partition coefficient (Wildman–Crippen LogP) is 1.06. The summed E-state index contributed by atoms with van der Waals surface area (Å²) < 4.78 is 5.00. The summed E-state index contributed by atoms with van der Waals surface area (Å²) in [5.41, 5.74) is 3.30. The quantitative estimate of drug-likeness (QED) is 0.655. The van der Waals surface area contributed by atoms with E-state index in [-0.39, 0.29) is 0 Å². The molecule has 1 aromatic rings. The molecule has 0 fully saturated rings. The second kappa shape index (κ2) is 8.96. The summed E-state index contributed by atoms with van der Waals surface area (Å²) in [6, 6.07) is 2.53. The van der Waals surface area contributed by atoms with Gasteiger partial charge in [-0.25, -0.2) is 0 Å². The number of aromatic nitrogens is 2. The van der Waals surface area contributed by atoms with E-state index in [4.69, 9.17) is 4.74 Å². The number of hydrogen-bond acceptors (Lipinski definition) is 5. The molecule has 1 atom stereocenters. The van der Waals surface area contributed by atoms with E-state index in [9.17, 15) is 0 Å². The minimum atomic E-state index is 0.412. The van der Waals surface area contributed by atoms with Gasteiger partial charge in [-0.1, -0.05) is 6.92 Å². The Kier molecular flexibility index (Phi) is 7.55. The second-order valence-electron chi connectivity index (χ2n) is 4.79. The summed E-state index contributed by atoms with van der Waals surface area (Å²) in [4.78, 5) is 0. The fourth-order valence-electron chi connectivity index (χ4n) is 1.87. The molecule has 0 saturated heterocycles. The van der Waals surface area contributed by atoms with E-state index >= 15 is 0 Å². The highest BCUT2D eigenvalue weighted by molar-refractivity contribution is 5.20. The maximum Gasteiger partial charge on any atom is 0.0673 e. The van der Waals surface area contributed by atoms with Crippen LogP contribution in [0.3, 0.4) is 0 Å². The molecule has 0 bridgehead atoms. The number of ether oxygens (including phenoxy) is 1. The molecular formula is C14H26N4O. The number of rotatable bonds is 9. The molecule has 1 heterocycles. The largest absolute Gasteiger partial charge is 0.383 e. The zero-order valence-corrected chi connectivity index (χ0v) is 12.5. The van der Waals surface area contributed by atoms with Crippen LogP contribution < -0.4 is 10.6 Å². The normalized spacial score (nSPS) is 12.6. The van der Waals surface area contributed by atoms with Gasteiger partial charge in [-0.05, 0) is 31.9 Å². The topological polar surface area (TPSA) is 59.1 Å². The van der Waals surface area contributed by atoms with Crippen molar-refractivity contribution in [3.63, 3.8) is 0 Å². The van der Waals surface area contributed by atoms with Crippen LogP contribution in [0.2, 0.25) is 0 Å². The van der Waals surface area contributed by atoms with Crippen LogP contribution in [0, 0.1) is 6.92 Å². The van der Waals surface area contributed by atoms with E-state index in [2.05, 4.69) is 40.7 Å². The first-order valence-electron chi connectivity index (χ1n) is 6.92. The van der Waals surface area contributed by atoms with Gasteiger partial charge in [0.05, 0.1) is 18.0 Å². The first kappa shape index (κ1) is 16.0. The summed E-state index contributed by atoms with van der Waals surface area (Å²) in [6.45, 7) is 9.67. The third kappa shape index (κ3) is 6.09. The van der Waals surface area contributed by atoms with Gasteiger partial charge in [0.1, 0.15) is 0 Å². The van der Waals surface area contributed by atoms with Gasteiger partial charge in [0.15, 0.2) is 0 Å². The Bertz CT molecular complexity index is 370. The monoisotopic (exact) mass is 266 g/mol. The fraction of sp³-hybridized carbons (Fsp3) is 0.714. The lowest BCUT2D eigenvalue weighted by Crippen LogP contribution is -2.37. The van der Waals surface area contributed by atoms with E-state index in [0.717, 1.165) is 44.0 Å². The van der Waals surface area contributed by atoms with Gasteiger partial charge in [0, 0.05) is 32.8 Å². The third-order valence-corrected chi connectivity index (χ3v) is 2.99. The Labute approximate surface area is 116 Å². The highest BCUT2D eigenvalue weighted by Gasteiger charge is 2.06. The average Bonchev–Trinajstić information content (AvgIpc) is 2.41. The molecule has 1 unspecified atom stereocenters. The Balaban J connectivity index is 2.36. The molecule has 1 rings (SSSR count). The Morgan fingerprint density at radius 2 is 2.16 bits per heavy atom. The van der Waals surface area contributed by atoms with Crippen molar-refractivity contribution in [3.8, 4) is 0 Å². The molecule has 19 heavy (non-hydrogen) atoms. The van der Waals surface area contributed by atoms with Crippen LogP contribution >= 0.6 is 0 Å². The molecule has 1 aromatic heterocycles. The standard InChI is InChI=1S/C14H26N4O/c1-5-14-13(8-11(2)17-18-14)10-16-12(3)9-15-6-7-19-4/h8,12,15-16H,5-7,9-10H2,1-4H3. The molecule has 5 nitrogen and oxygen atoms in total. The smallest absolute Gasteiger partial charge is 0.0673 e. The third-order valence-electron chi connectivity index (χ3n) is 2.99. The van der Waals surface area contributed by atoms with Gasteiger partial charge in [0.25, 0.3) is 0 Å². The van der Waals surface area contributed by atoms with E-state index in [1.807, 2.05) is 6.92 Å². The van der Waals surface area contributed by atoms with Crippen molar-refractivity contribution in [2.45, 2.75) is 39.8 Å². The van der Waals surface area contributed by atoms with Crippen LogP contribution in [0.1, 0.15) is 30.8 Å². The van der Waals surface area contributed by atoms with Crippen molar-refractivity contribution in [1.82, 2.24) is 20.8 Å². The van der Waals surface area contributed by atoms with Crippen molar-refractivity contribution in [2.24, 2.45) is 0 Å². The van der Waals surface area contributed by atoms with Crippen LogP contribution in [0.15, 0.2) is 6.07 Å². The van der Waals surface area contributed by atoms with Crippen LogP contribution in [-0.2, 0) is 17.7 Å². The van der Waals surface area contributed by atoms with Gasteiger partial charge in [0.2, 0.25) is 0 Å². The summed E-state index contributed by atoms with van der Waals surface area (Å²) >= 11 is 0. The van der Waals surface area contributed by atoms with E-state index in [1.54, 1.807) is 7.11 Å². The molecule has 5 heteroatoms. The number of nitrogens with one attached hydrogen (secondary N) is 2. The molecular weight excluding hydrogens is 240 g/mol. The maximum absolute atomic E-state index is 5.00. The van der Waals surface area contributed by atoms with Crippen LogP contribution in [0.5, 0.6) is 0 Å². The van der Waals surface area contributed by atoms with Crippen molar-refractivity contribution >= 4 is 0 Å². The molecule has 108 valence electrons. The zero-order chi connectivity index (χ0) is 14.1. The lowest BCUT2D eigenvalue weighted by Gasteiger charge is -2.16.